The molecule has 3 aromatic rings. The SMILES string of the molecule is Cc1ccccc1CNC(=O)C1CCC(Nc2nc(N(C)C)c3ccccc3n2)CC1. The van der Waals surface area contributed by atoms with Crippen LogP contribution in [0.25, 0.3) is 10.9 Å². The molecule has 6 nitrogen and oxygen atoms in total. The Bertz CT molecular complexity index is 1060. The molecule has 2 N–H and O–H groups in total. The Balaban J connectivity index is 1.34. The number of aromatic nitrogens is 2. The summed E-state index contributed by atoms with van der Waals surface area (Å²) in [5, 5.41) is 7.69. The van der Waals surface area contributed by atoms with Gasteiger partial charge in [-0.3, -0.25) is 4.79 Å². The van der Waals surface area contributed by atoms with Crippen molar-refractivity contribution in [1.82, 2.24) is 15.3 Å². The van der Waals surface area contributed by atoms with Crippen LogP contribution in [0.5, 0.6) is 0 Å². The number of nitrogens with zero attached hydrogens (tertiary/aromatic N) is 3. The summed E-state index contributed by atoms with van der Waals surface area (Å²) in [5.41, 5.74) is 3.33. The van der Waals surface area contributed by atoms with Crippen molar-refractivity contribution in [3.05, 3.63) is 59.7 Å². The molecule has 0 atom stereocenters. The standard InChI is InChI=1S/C25H31N5O/c1-17-8-4-5-9-19(17)16-26-24(31)18-12-14-20(15-13-18)27-25-28-22-11-7-6-10-21(22)23(29-25)30(2)3/h4-11,18,20H,12-16H2,1-3H3,(H,26,31)(H,27,28,29). The predicted molar refractivity (Wildman–Crippen MR) is 126 cm³/mol. The molecule has 4 rings (SSSR count). The Morgan fingerprint density at radius 1 is 1.00 bits per heavy atom. The lowest BCUT2D eigenvalue weighted by Gasteiger charge is -2.29. The van der Waals surface area contributed by atoms with E-state index < -0.39 is 0 Å². The molecule has 1 aliphatic carbocycles. The van der Waals surface area contributed by atoms with Crippen LogP contribution >= 0.6 is 0 Å². The molecule has 1 aliphatic rings. The van der Waals surface area contributed by atoms with E-state index in [4.69, 9.17) is 9.97 Å². The zero-order valence-corrected chi connectivity index (χ0v) is 18.6. The van der Waals surface area contributed by atoms with Crippen molar-refractivity contribution in [2.24, 2.45) is 5.92 Å². The van der Waals surface area contributed by atoms with E-state index in [0.29, 0.717) is 12.5 Å². The fourth-order valence-electron chi connectivity index (χ4n) is 4.28. The molecule has 0 spiro atoms. The normalized spacial score (nSPS) is 18.5. The molecule has 1 amide bonds. The smallest absolute Gasteiger partial charge is 0.225 e. The second-order valence-electron chi connectivity index (χ2n) is 8.62. The number of carbonyl (C=O) groups is 1. The lowest BCUT2D eigenvalue weighted by atomic mass is 9.85. The molecule has 1 aromatic heterocycles. The van der Waals surface area contributed by atoms with Crippen molar-refractivity contribution in [3.8, 4) is 0 Å². The van der Waals surface area contributed by atoms with Crippen LogP contribution in [-0.4, -0.2) is 36.0 Å². The zero-order valence-electron chi connectivity index (χ0n) is 18.6. The molecule has 1 fully saturated rings. The van der Waals surface area contributed by atoms with Gasteiger partial charge in [-0.25, -0.2) is 4.98 Å². The van der Waals surface area contributed by atoms with Gasteiger partial charge < -0.3 is 15.5 Å². The predicted octanol–water partition coefficient (Wildman–Crippen LogP) is 4.29. The minimum atomic E-state index is 0.0805. The maximum absolute atomic E-state index is 12.7. The van der Waals surface area contributed by atoms with Crippen molar-refractivity contribution in [3.63, 3.8) is 0 Å². The van der Waals surface area contributed by atoms with Gasteiger partial charge in [0.05, 0.1) is 5.52 Å². The van der Waals surface area contributed by atoms with Gasteiger partial charge >= 0.3 is 0 Å². The number of aryl methyl sites for hydroxylation is 1. The molecule has 1 saturated carbocycles. The van der Waals surface area contributed by atoms with Gasteiger partial charge in [0.25, 0.3) is 0 Å². The number of rotatable bonds is 6. The number of amides is 1. The van der Waals surface area contributed by atoms with E-state index in [9.17, 15) is 4.79 Å². The van der Waals surface area contributed by atoms with Crippen LogP contribution in [-0.2, 0) is 11.3 Å². The summed E-state index contributed by atoms with van der Waals surface area (Å²) >= 11 is 0. The number of nitrogens with one attached hydrogen (secondary N) is 2. The summed E-state index contributed by atoms with van der Waals surface area (Å²) in [6.07, 6.45) is 3.64. The fourth-order valence-corrected chi connectivity index (χ4v) is 4.28. The summed E-state index contributed by atoms with van der Waals surface area (Å²) in [6, 6.07) is 16.6. The van der Waals surface area contributed by atoms with Gasteiger partial charge in [-0.1, -0.05) is 36.4 Å². The largest absolute Gasteiger partial charge is 0.362 e. The van der Waals surface area contributed by atoms with Crippen molar-refractivity contribution in [1.29, 1.82) is 0 Å². The van der Waals surface area contributed by atoms with Crippen LogP contribution in [0.1, 0.15) is 36.8 Å². The number of para-hydroxylation sites is 1. The monoisotopic (exact) mass is 417 g/mol. The van der Waals surface area contributed by atoms with Crippen LogP contribution in [0.4, 0.5) is 11.8 Å². The molecule has 0 aliphatic heterocycles. The number of hydrogen-bond donors (Lipinski definition) is 2. The van der Waals surface area contributed by atoms with Gasteiger partial charge in [0.15, 0.2) is 0 Å². The van der Waals surface area contributed by atoms with Crippen LogP contribution < -0.4 is 15.5 Å². The van der Waals surface area contributed by atoms with Gasteiger partial charge in [-0.15, -0.1) is 0 Å². The molecule has 0 unspecified atom stereocenters. The van der Waals surface area contributed by atoms with E-state index in [0.717, 1.165) is 42.4 Å². The van der Waals surface area contributed by atoms with E-state index in [1.54, 1.807) is 0 Å². The molecule has 0 radical (unpaired) electrons. The molecule has 6 heteroatoms. The Morgan fingerprint density at radius 3 is 2.45 bits per heavy atom. The molecule has 2 aromatic carbocycles. The highest BCUT2D eigenvalue weighted by Gasteiger charge is 2.26. The number of hydrogen-bond acceptors (Lipinski definition) is 5. The quantitative estimate of drug-likeness (QED) is 0.626. The Labute approximate surface area is 184 Å². The van der Waals surface area contributed by atoms with Crippen LogP contribution in [0.15, 0.2) is 48.5 Å². The summed E-state index contributed by atoms with van der Waals surface area (Å²) in [7, 11) is 4.00. The fraction of sp³-hybridized carbons (Fsp3) is 0.400. The highest BCUT2D eigenvalue weighted by molar-refractivity contribution is 5.90. The van der Waals surface area contributed by atoms with Crippen molar-refractivity contribution < 1.29 is 4.79 Å². The van der Waals surface area contributed by atoms with Crippen LogP contribution in [0.2, 0.25) is 0 Å². The van der Waals surface area contributed by atoms with Crippen LogP contribution in [0.3, 0.4) is 0 Å². The molecule has 0 saturated heterocycles. The summed E-state index contributed by atoms with van der Waals surface area (Å²) < 4.78 is 0. The Hall–Kier alpha value is -3.15. The molecular formula is C25H31N5O. The van der Waals surface area contributed by atoms with Crippen molar-refractivity contribution in [2.75, 3.05) is 24.3 Å². The second kappa shape index (κ2) is 9.33. The number of fused-ring (bicyclic) bond motifs is 1. The Kier molecular flexibility index (Phi) is 6.35. The van der Waals surface area contributed by atoms with Gasteiger partial charge in [0.2, 0.25) is 11.9 Å². The maximum atomic E-state index is 12.7. The first-order chi connectivity index (χ1) is 15.0. The molecule has 0 bridgehead atoms. The second-order valence-corrected chi connectivity index (χ2v) is 8.62. The Morgan fingerprint density at radius 2 is 1.71 bits per heavy atom. The third kappa shape index (κ3) is 4.95. The lowest BCUT2D eigenvalue weighted by Crippen LogP contribution is -2.36. The van der Waals surface area contributed by atoms with Crippen molar-refractivity contribution >= 4 is 28.6 Å². The van der Waals surface area contributed by atoms with E-state index in [-0.39, 0.29) is 17.9 Å². The first kappa shape index (κ1) is 21.1. The molecule has 31 heavy (non-hydrogen) atoms. The molecule has 1 heterocycles. The van der Waals surface area contributed by atoms with Gasteiger partial charge in [-0.05, 0) is 55.9 Å². The minimum absolute atomic E-state index is 0.0805. The number of carbonyl (C=O) groups excluding carboxylic acids is 1. The maximum Gasteiger partial charge on any atom is 0.225 e. The topological polar surface area (TPSA) is 70.2 Å². The lowest BCUT2D eigenvalue weighted by molar-refractivity contribution is -0.126. The first-order valence-electron chi connectivity index (χ1n) is 11.0. The number of benzene rings is 2. The van der Waals surface area contributed by atoms with Crippen LogP contribution in [0, 0.1) is 12.8 Å². The van der Waals surface area contributed by atoms with Gasteiger partial charge in [0, 0.05) is 38.0 Å². The van der Waals surface area contributed by atoms with E-state index in [2.05, 4.69) is 35.8 Å². The first-order valence-corrected chi connectivity index (χ1v) is 11.0. The zero-order chi connectivity index (χ0) is 21.8. The average Bonchev–Trinajstić information content (AvgIpc) is 2.78. The van der Waals surface area contributed by atoms with E-state index >= 15 is 0 Å². The molecular weight excluding hydrogens is 386 g/mol. The summed E-state index contributed by atoms with van der Waals surface area (Å²) in [6.45, 7) is 2.68. The minimum Gasteiger partial charge on any atom is -0.362 e. The third-order valence-corrected chi connectivity index (χ3v) is 6.15. The summed E-state index contributed by atoms with van der Waals surface area (Å²) in [4.78, 5) is 24.1. The van der Waals surface area contributed by atoms with Crippen molar-refractivity contribution in [2.45, 2.75) is 45.2 Å². The molecule has 162 valence electrons. The highest BCUT2D eigenvalue weighted by Crippen LogP contribution is 2.28. The van der Waals surface area contributed by atoms with Gasteiger partial charge in [-0.2, -0.15) is 4.98 Å². The highest BCUT2D eigenvalue weighted by atomic mass is 16.1. The van der Waals surface area contributed by atoms with E-state index in [1.165, 1.54) is 11.1 Å². The van der Waals surface area contributed by atoms with Gasteiger partial charge in [0.1, 0.15) is 5.82 Å². The summed E-state index contributed by atoms with van der Waals surface area (Å²) in [5.74, 6) is 1.82. The number of anilines is 2. The van der Waals surface area contributed by atoms with E-state index in [1.807, 2.05) is 49.3 Å². The third-order valence-electron chi connectivity index (χ3n) is 6.15. The average molecular weight is 418 g/mol.